The van der Waals surface area contributed by atoms with Crippen molar-refractivity contribution in [2.75, 3.05) is 7.11 Å². The van der Waals surface area contributed by atoms with Crippen LogP contribution in [0.15, 0.2) is 12.1 Å². The van der Waals surface area contributed by atoms with Crippen LogP contribution in [0.2, 0.25) is 0 Å². The predicted octanol–water partition coefficient (Wildman–Crippen LogP) is 2.29. The molecule has 0 spiro atoms. The Bertz CT molecular complexity index is 440. The number of hydrogen-bond acceptors (Lipinski definition) is 3. The van der Waals surface area contributed by atoms with E-state index in [4.69, 9.17) is 9.84 Å². The zero-order valence-electron chi connectivity index (χ0n) is 9.95. The molecule has 0 unspecified atom stereocenters. The molecule has 4 nitrogen and oxygen atoms in total. The molecule has 0 saturated carbocycles. The van der Waals surface area contributed by atoms with Crippen molar-refractivity contribution in [3.05, 3.63) is 23.5 Å². The van der Waals surface area contributed by atoms with Crippen LogP contribution in [0.5, 0.6) is 11.5 Å². The molecule has 0 heterocycles. The van der Waals surface area contributed by atoms with E-state index in [1.807, 2.05) is 0 Å². The highest BCUT2D eigenvalue weighted by Crippen LogP contribution is 2.37. The normalized spacial score (nSPS) is 11.3. The molecule has 0 aliphatic carbocycles. The van der Waals surface area contributed by atoms with Crippen molar-refractivity contribution in [2.45, 2.75) is 25.7 Å². The number of ether oxygens (including phenoxy) is 1. The highest BCUT2D eigenvalue weighted by molar-refractivity contribution is 5.69. The number of rotatable bonds is 4. The van der Waals surface area contributed by atoms with Gasteiger partial charge in [0, 0.05) is 5.41 Å². The Balaban J connectivity index is 3.24. The molecule has 2 N–H and O–H groups in total. The first-order chi connectivity index (χ1) is 7.79. The van der Waals surface area contributed by atoms with Gasteiger partial charge >= 0.3 is 5.97 Å². The maximum absolute atomic E-state index is 13.9. The van der Waals surface area contributed by atoms with Gasteiger partial charge in [0.25, 0.3) is 0 Å². The average Bonchev–Trinajstić information content (AvgIpc) is 2.19. The number of phenolic OH excluding ortho intramolecular Hbond substituents is 1. The molecule has 0 aliphatic rings. The van der Waals surface area contributed by atoms with Crippen molar-refractivity contribution in [3.8, 4) is 11.5 Å². The molecule has 17 heavy (non-hydrogen) atoms. The third-order valence-corrected chi connectivity index (χ3v) is 2.62. The first-order valence-corrected chi connectivity index (χ1v) is 5.07. The second kappa shape index (κ2) is 4.61. The smallest absolute Gasteiger partial charge is 0.304 e. The molecule has 5 heteroatoms. The van der Waals surface area contributed by atoms with Gasteiger partial charge in [0.2, 0.25) is 0 Å². The van der Waals surface area contributed by atoms with Gasteiger partial charge in [-0.15, -0.1) is 0 Å². The minimum absolute atomic E-state index is 0.0253. The number of aliphatic carboxylic acids is 1. The quantitative estimate of drug-likeness (QED) is 0.850. The highest BCUT2D eigenvalue weighted by atomic mass is 19.1. The molecule has 0 amide bonds. The van der Waals surface area contributed by atoms with E-state index in [0.717, 1.165) is 0 Å². The van der Waals surface area contributed by atoms with Crippen LogP contribution in [0.1, 0.15) is 25.8 Å². The molecule has 0 fully saturated rings. The number of carboxylic acids is 1. The lowest BCUT2D eigenvalue weighted by molar-refractivity contribution is -0.138. The molecule has 0 aromatic heterocycles. The molecule has 0 bridgehead atoms. The molecule has 0 aliphatic heterocycles. The Labute approximate surface area is 98.7 Å². The summed E-state index contributed by atoms with van der Waals surface area (Å²) in [7, 11) is 1.32. The van der Waals surface area contributed by atoms with Gasteiger partial charge in [-0.05, 0) is 11.6 Å². The SMILES string of the molecule is COc1ccc(C(C)(C)CC(=O)O)c(F)c1O. The summed E-state index contributed by atoms with van der Waals surface area (Å²) in [5.74, 6) is -2.43. The lowest BCUT2D eigenvalue weighted by atomic mass is 9.81. The standard InChI is InChI=1S/C12H15FO4/c1-12(2,6-9(14)15)7-4-5-8(17-3)11(16)10(7)13/h4-5,16H,6H2,1-3H3,(H,14,15). The van der Waals surface area contributed by atoms with Crippen LogP contribution < -0.4 is 4.74 Å². The van der Waals surface area contributed by atoms with Crippen molar-refractivity contribution in [1.82, 2.24) is 0 Å². The van der Waals surface area contributed by atoms with Crippen LogP contribution >= 0.6 is 0 Å². The number of carboxylic acid groups (broad SMARTS) is 1. The van der Waals surface area contributed by atoms with Gasteiger partial charge in [-0.1, -0.05) is 19.9 Å². The predicted molar refractivity (Wildman–Crippen MR) is 59.9 cm³/mol. The molecule has 0 saturated heterocycles. The summed E-state index contributed by atoms with van der Waals surface area (Å²) in [6.45, 7) is 3.21. The second-order valence-electron chi connectivity index (χ2n) is 4.43. The van der Waals surface area contributed by atoms with Gasteiger partial charge in [0.05, 0.1) is 13.5 Å². The number of benzene rings is 1. The van der Waals surface area contributed by atoms with E-state index in [1.165, 1.54) is 19.2 Å². The minimum Gasteiger partial charge on any atom is -0.502 e. The molecule has 94 valence electrons. The maximum Gasteiger partial charge on any atom is 0.304 e. The Hall–Kier alpha value is -1.78. The van der Waals surface area contributed by atoms with Crippen LogP contribution in [0.4, 0.5) is 4.39 Å². The average molecular weight is 242 g/mol. The van der Waals surface area contributed by atoms with Crippen molar-refractivity contribution in [2.24, 2.45) is 0 Å². The maximum atomic E-state index is 13.9. The highest BCUT2D eigenvalue weighted by Gasteiger charge is 2.29. The van der Waals surface area contributed by atoms with Crippen molar-refractivity contribution in [1.29, 1.82) is 0 Å². The first-order valence-electron chi connectivity index (χ1n) is 5.07. The summed E-state index contributed by atoms with van der Waals surface area (Å²) in [5.41, 5.74) is -0.752. The van der Waals surface area contributed by atoms with Gasteiger partial charge in [0.15, 0.2) is 17.3 Å². The van der Waals surface area contributed by atoms with Crippen LogP contribution in [0.25, 0.3) is 0 Å². The zero-order valence-corrected chi connectivity index (χ0v) is 9.95. The lowest BCUT2D eigenvalue weighted by Gasteiger charge is -2.24. The third-order valence-electron chi connectivity index (χ3n) is 2.62. The largest absolute Gasteiger partial charge is 0.502 e. The van der Waals surface area contributed by atoms with Crippen LogP contribution in [0.3, 0.4) is 0 Å². The second-order valence-corrected chi connectivity index (χ2v) is 4.43. The van der Waals surface area contributed by atoms with Crippen molar-refractivity contribution < 1.29 is 24.1 Å². The summed E-state index contributed by atoms with van der Waals surface area (Å²) in [6.07, 6.45) is -0.226. The number of methoxy groups -OCH3 is 1. The van der Waals surface area contributed by atoms with Crippen molar-refractivity contribution >= 4 is 5.97 Å². The topological polar surface area (TPSA) is 66.8 Å². The van der Waals surface area contributed by atoms with Gasteiger partial charge in [-0.2, -0.15) is 0 Å². The first kappa shape index (κ1) is 13.3. The fourth-order valence-corrected chi connectivity index (χ4v) is 1.71. The molecule has 1 aromatic carbocycles. The molecule has 0 radical (unpaired) electrons. The Kier molecular flexibility index (Phi) is 3.60. The summed E-state index contributed by atoms with van der Waals surface area (Å²) >= 11 is 0. The van der Waals surface area contributed by atoms with E-state index in [0.29, 0.717) is 0 Å². The lowest BCUT2D eigenvalue weighted by Crippen LogP contribution is -2.23. The molecule has 0 atom stereocenters. The monoisotopic (exact) mass is 242 g/mol. The molecule has 1 aromatic rings. The fraction of sp³-hybridized carbons (Fsp3) is 0.417. The van der Waals surface area contributed by atoms with Gasteiger partial charge < -0.3 is 14.9 Å². The minimum atomic E-state index is -1.02. The zero-order chi connectivity index (χ0) is 13.2. The van der Waals surface area contributed by atoms with Crippen LogP contribution in [-0.4, -0.2) is 23.3 Å². The van der Waals surface area contributed by atoms with Gasteiger partial charge in [-0.25, -0.2) is 4.39 Å². The van der Waals surface area contributed by atoms with E-state index in [2.05, 4.69) is 0 Å². The summed E-state index contributed by atoms with van der Waals surface area (Å²) < 4.78 is 18.6. The summed E-state index contributed by atoms with van der Waals surface area (Å²) in [6, 6.07) is 2.84. The molecular formula is C12H15FO4. The number of phenols is 1. The number of aromatic hydroxyl groups is 1. The number of hydrogen-bond donors (Lipinski definition) is 2. The van der Waals surface area contributed by atoms with Crippen LogP contribution in [-0.2, 0) is 10.2 Å². The third kappa shape index (κ3) is 2.67. The van der Waals surface area contributed by atoms with Gasteiger partial charge in [-0.3, -0.25) is 4.79 Å². The van der Waals surface area contributed by atoms with E-state index in [9.17, 15) is 14.3 Å². The number of carbonyl (C=O) groups is 1. The molecular weight excluding hydrogens is 227 g/mol. The van der Waals surface area contributed by atoms with Crippen molar-refractivity contribution in [3.63, 3.8) is 0 Å². The number of halogens is 1. The van der Waals surface area contributed by atoms with E-state index < -0.39 is 23.0 Å². The van der Waals surface area contributed by atoms with E-state index >= 15 is 0 Å². The van der Waals surface area contributed by atoms with Crippen LogP contribution in [0, 0.1) is 5.82 Å². The van der Waals surface area contributed by atoms with E-state index in [1.54, 1.807) is 13.8 Å². The fourth-order valence-electron chi connectivity index (χ4n) is 1.71. The van der Waals surface area contributed by atoms with Gasteiger partial charge in [0.1, 0.15) is 0 Å². The Morgan fingerprint density at radius 2 is 2.06 bits per heavy atom. The summed E-state index contributed by atoms with van der Waals surface area (Å²) in [5, 5.41) is 18.3. The summed E-state index contributed by atoms with van der Waals surface area (Å²) in [4.78, 5) is 10.7. The Morgan fingerprint density at radius 1 is 1.47 bits per heavy atom. The Morgan fingerprint density at radius 3 is 2.53 bits per heavy atom. The van der Waals surface area contributed by atoms with E-state index in [-0.39, 0.29) is 17.7 Å². The molecule has 1 rings (SSSR count).